The van der Waals surface area contributed by atoms with Gasteiger partial charge in [0, 0.05) is 0 Å². The SMILES string of the molecule is CCC(C(=O)Nc1cccc(Br)n1)c1ccccc1. The topological polar surface area (TPSA) is 42.0 Å². The summed E-state index contributed by atoms with van der Waals surface area (Å²) in [5.41, 5.74) is 1.03. The number of benzene rings is 1. The molecule has 0 radical (unpaired) electrons. The first-order valence-corrected chi connectivity index (χ1v) is 6.98. The number of carbonyl (C=O) groups is 1. The van der Waals surface area contributed by atoms with Crippen LogP contribution in [0.1, 0.15) is 24.8 Å². The summed E-state index contributed by atoms with van der Waals surface area (Å²) in [6.07, 6.45) is 0.754. The molecule has 1 heterocycles. The first-order valence-electron chi connectivity index (χ1n) is 6.19. The first-order chi connectivity index (χ1) is 9.20. The number of amides is 1. The van der Waals surface area contributed by atoms with Gasteiger partial charge in [-0.2, -0.15) is 0 Å². The van der Waals surface area contributed by atoms with Crippen LogP contribution in [0.2, 0.25) is 0 Å². The number of aromatic nitrogens is 1. The average Bonchev–Trinajstić information content (AvgIpc) is 2.41. The van der Waals surface area contributed by atoms with Crippen molar-refractivity contribution in [3.05, 3.63) is 58.7 Å². The zero-order chi connectivity index (χ0) is 13.7. The van der Waals surface area contributed by atoms with E-state index in [1.807, 2.05) is 49.4 Å². The van der Waals surface area contributed by atoms with Gasteiger partial charge in [-0.05, 0) is 40.0 Å². The van der Waals surface area contributed by atoms with Gasteiger partial charge in [0.05, 0.1) is 5.92 Å². The molecule has 2 aromatic rings. The molecule has 19 heavy (non-hydrogen) atoms. The van der Waals surface area contributed by atoms with Gasteiger partial charge in [-0.3, -0.25) is 4.79 Å². The molecule has 0 aliphatic rings. The molecule has 1 N–H and O–H groups in total. The van der Waals surface area contributed by atoms with Crippen LogP contribution in [0.15, 0.2) is 53.1 Å². The summed E-state index contributed by atoms with van der Waals surface area (Å²) in [4.78, 5) is 16.5. The summed E-state index contributed by atoms with van der Waals surface area (Å²) in [6.45, 7) is 2.01. The van der Waals surface area contributed by atoms with Crippen LogP contribution in [0.3, 0.4) is 0 Å². The fourth-order valence-corrected chi connectivity index (χ4v) is 2.29. The molecule has 0 fully saturated rings. The standard InChI is InChI=1S/C15H15BrN2O/c1-2-12(11-7-4-3-5-8-11)15(19)18-14-10-6-9-13(16)17-14/h3-10,12H,2H2,1H3,(H,17,18,19). The maximum absolute atomic E-state index is 12.3. The minimum absolute atomic E-state index is 0.0284. The van der Waals surface area contributed by atoms with Crippen LogP contribution in [0.25, 0.3) is 0 Å². The number of hydrogen-bond donors (Lipinski definition) is 1. The number of nitrogens with zero attached hydrogens (tertiary/aromatic N) is 1. The summed E-state index contributed by atoms with van der Waals surface area (Å²) in [7, 11) is 0. The summed E-state index contributed by atoms with van der Waals surface area (Å²) in [5.74, 6) is 0.384. The maximum Gasteiger partial charge on any atom is 0.233 e. The number of halogens is 1. The van der Waals surface area contributed by atoms with Crippen LogP contribution < -0.4 is 5.32 Å². The van der Waals surface area contributed by atoms with Gasteiger partial charge < -0.3 is 5.32 Å². The molecule has 1 amide bonds. The molecule has 0 saturated carbocycles. The summed E-state index contributed by atoms with van der Waals surface area (Å²) < 4.78 is 0.707. The Hall–Kier alpha value is -1.68. The van der Waals surface area contributed by atoms with E-state index in [2.05, 4.69) is 26.2 Å². The van der Waals surface area contributed by atoms with E-state index in [1.165, 1.54) is 0 Å². The molecule has 3 nitrogen and oxygen atoms in total. The third-order valence-electron chi connectivity index (χ3n) is 2.89. The molecular formula is C15H15BrN2O. The second-order valence-corrected chi connectivity index (χ2v) is 5.02. The largest absolute Gasteiger partial charge is 0.310 e. The minimum Gasteiger partial charge on any atom is -0.310 e. The van der Waals surface area contributed by atoms with Crippen molar-refractivity contribution in [3.63, 3.8) is 0 Å². The van der Waals surface area contributed by atoms with Crippen LogP contribution in [0.4, 0.5) is 5.82 Å². The molecule has 1 atom stereocenters. The first kappa shape index (κ1) is 13.7. The number of hydrogen-bond acceptors (Lipinski definition) is 2. The smallest absolute Gasteiger partial charge is 0.233 e. The molecular weight excluding hydrogens is 304 g/mol. The number of rotatable bonds is 4. The fraction of sp³-hybridized carbons (Fsp3) is 0.200. The molecule has 2 rings (SSSR count). The monoisotopic (exact) mass is 318 g/mol. The quantitative estimate of drug-likeness (QED) is 0.866. The summed E-state index contributed by atoms with van der Waals surface area (Å²) in [5, 5.41) is 2.85. The van der Waals surface area contributed by atoms with E-state index in [1.54, 1.807) is 6.07 Å². The summed E-state index contributed by atoms with van der Waals surface area (Å²) in [6, 6.07) is 15.2. The van der Waals surface area contributed by atoms with Crippen molar-refractivity contribution in [1.29, 1.82) is 0 Å². The highest BCUT2D eigenvalue weighted by atomic mass is 79.9. The Morgan fingerprint density at radius 1 is 1.21 bits per heavy atom. The van der Waals surface area contributed by atoms with Crippen molar-refractivity contribution in [2.45, 2.75) is 19.3 Å². The molecule has 0 aliphatic carbocycles. The maximum atomic E-state index is 12.3. The van der Waals surface area contributed by atoms with Crippen LogP contribution in [0, 0.1) is 0 Å². The van der Waals surface area contributed by atoms with Gasteiger partial charge in [-0.15, -0.1) is 0 Å². The minimum atomic E-state index is -0.151. The second-order valence-electron chi connectivity index (χ2n) is 4.21. The number of pyridine rings is 1. The van der Waals surface area contributed by atoms with Gasteiger partial charge in [0.25, 0.3) is 0 Å². The molecule has 98 valence electrons. The van der Waals surface area contributed by atoms with Crippen LogP contribution in [-0.2, 0) is 4.79 Å². The zero-order valence-corrected chi connectivity index (χ0v) is 12.2. The van der Waals surface area contributed by atoms with Gasteiger partial charge in [0.15, 0.2) is 0 Å². The number of nitrogens with one attached hydrogen (secondary N) is 1. The lowest BCUT2D eigenvalue weighted by Crippen LogP contribution is -2.21. The fourth-order valence-electron chi connectivity index (χ4n) is 1.95. The van der Waals surface area contributed by atoms with Crippen molar-refractivity contribution in [1.82, 2.24) is 4.98 Å². The van der Waals surface area contributed by atoms with Crippen molar-refractivity contribution in [2.75, 3.05) is 5.32 Å². The van der Waals surface area contributed by atoms with E-state index in [4.69, 9.17) is 0 Å². The molecule has 1 unspecified atom stereocenters. The van der Waals surface area contributed by atoms with Crippen molar-refractivity contribution in [3.8, 4) is 0 Å². The van der Waals surface area contributed by atoms with Crippen molar-refractivity contribution >= 4 is 27.7 Å². The average molecular weight is 319 g/mol. The van der Waals surface area contributed by atoms with Gasteiger partial charge in [0.1, 0.15) is 10.4 Å². The van der Waals surface area contributed by atoms with E-state index in [-0.39, 0.29) is 11.8 Å². The Kier molecular flexibility index (Phi) is 4.68. The van der Waals surface area contributed by atoms with Crippen molar-refractivity contribution in [2.24, 2.45) is 0 Å². The van der Waals surface area contributed by atoms with Gasteiger partial charge in [0.2, 0.25) is 5.91 Å². The lowest BCUT2D eigenvalue weighted by atomic mass is 9.96. The third kappa shape index (κ3) is 3.64. The molecule has 0 saturated heterocycles. The van der Waals surface area contributed by atoms with Gasteiger partial charge in [-0.1, -0.05) is 43.3 Å². The van der Waals surface area contributed by atoms with Crippen LogP contribution in [-0.4, -0.2) is 10.9 Å². The summed E-state index contributed by atoms with van der Waals surface area (Å²) >= 11 is 3.29. The van der Waals surface area contributed by atoms with Crippen LogP contribution >= 0.6 is 15.9 Å². The Morgan fingerprint density at radius 3 is 2.58 bits per heavy atom. The van der Waals surface area contributed by atoms with Gasteiger partial charge >= 0.3 is 0 Å². The predicted molar refractivity (Wildman–Crippen MR) is 80.0 cm³/mol. The highest BCUT2D eigenvalue weighted by Gasteiger charge is 2.18. The second kappa shape index (κ2) is 6.48. The van der Waals surface area contributed by atoms with E-state index in [9.17, 15) is 4.79 Å². The lowest BCUT2D eigenvalue weighted by Gasteiger charge is -2.15. The third-order valence-corrected chi connectivity index (χ3v) is 3.33. The number of carbonyl (C=O) groups excluding carboxylic acids is 1. The Bertz CT molecular complexity index is 557. The molecule has 1 aromatic heterocycles. The van der Waals surface area contributed by atoms with E-state index in [0.717, 1.165) is 12.0 Å². The Balaban J connectivity index is 2.14. The highest BCUT2D eigenvalue weighted by molar-refractivity contribution is 9.10. The molecule has 1 aromatic carbocycles. The van der Waals surface area contributed by atoms with Crippen LogP contribution in [0.5, 0.6) is 0 Å². The molecule has 0 bridgehead atoms. The van der Waals surface area contributed by atoms with Crippen molar-refractivity contribution < 1.29 is 4.79 Å². The molecule has 4 heteroatoms. The van der Waals surface area contributed by atoms with E-state index < -0.39 is 0 Å². The zero-order valence-electron chi connectivity index (χ0n) is 10.6. The Morgan fingerprint density at radius 2 is 1.95 bits per heavy atom. The molecule has 0 aliphatic heterocycles. The number of anilines is 1. The predicted octanol–water partition coefficient (Wildman–Crippen LogP) is 3.98. The normalized spacial score (nSPS) is 11.9. The van der Waals surface area contributed by atoms with E-state index >= 15 is 0 Å². The van der Waals surface area contributed by atoms with Gasteiger partial charge in [-0.25, -0.2) is 4.98 Å². The Labute approximate surface area is 121 Å². The van der Waals surface area contributed by atoms with E-state index in [0.29, 0.717) is 10.4 Å². The molecule has 0 spiro atoms. The highest BCUT2D eigenvalue weighted by Crippen LogP contribution is 2.21. The lowest BCUT2D eigenvalue weighted by molar-refractivity contribution is -0.117.